The molecule has 3 N–H and O–H groups in total. The third-order valence-corrected chi connectivity index (χ3v) is 2.14. The molecule has 0 heterocycles. The largest absolute Gasteiger partial charge is 0.271 e. The first-order chi connectivity index (χ1) is 5.65. The van der Waals surface area contributed by atoms with Gasteiger partial charge in [-0.1, -0.05) is 23.8 Å². The normalized spacial score (nSPS) is 13.0. The van der Waals surface area contributed by atoms with Crippen LogP contribution in [-0.2, 0) is 0 Å². The van der Waals surface area contributed by atoms with Gasteiger partial charge in [0.25, 0.3) is 0 Å². The van der Waals surface area contributed by atoms with Crippen LogP contribution in [0.1, 0.15) is 29.7 Å². The van der Waals surface area contributed by atoms with Crippen molar-refractivity contribution in [2.45, 2.75) is 26.8 Å². The Morgan fingerprint density at radius 3 is 2.50 bits per heavy atom. The standard InChI is InChI=1S/C10H16N2/c1-7-4-5-10(8(2)6-7)9(3)12-11/h4-6,9,12H,11H2,1-3H3/t9-/m1/s1. The Kier molecular flexibility index (Phi) is 2.84. The molecule has 2 heteroatoms. The molecule has 0 aliphatic heterocycles. The lowest BCUT2D eigenvalue weighted by Crippen LogP contribution is -2.26. The zero-order chi connectivity index (χ0) is 9.14. The summed E-state index contributed by atoms with van der Waals surface area (Å²) in [5.41, 5.74) is 6.59. The van der Waals surface area contributed by atoms with Gasteiger partial charge in [-0.05, 0) is 31.9 Å². The Balaban J connectivity index is 3.01. The Labute approximate surface area is 73.8 Å². The molecule has 0 spiro atoms. The van der Waals surface area contributed by atoms with Crippen LogP contribution in [-0.4, -0.2) is 0 Å². The maximum atomic E-state index is 5.36. The average Bonchev–Trinajstić information content (AvgIpc) is 2.03. The fraction of sp³-hybridized carbons (Fsp3) is 0.400. The quantitative estimate of drug-likeness (QED) is 0.517. The van der Waals surface area contributed by atoms with Gasteiger partial charge in [-0.2, -0.15) is 0 Å². The van der Waals surface area contributed by atoms with Gasteiger partial charge in [0.1, 0.15) is 0 Å². The SMILES string of the molecule is Cc1ccc([C@@H](C)NN)c(C)c1. The minimum absolute atomic E-state index is 0.227. The van der Waals surface area contributed by atoms with Crippen molar-refractivity contribution < 1.29 is 0 Å². The smallest absolute Gasteiger partial charge is 0.0434 e. The van der Waals surface area contributed by atoms with Crippen LogP contribution in [0.4, 0.5) is 0 Å². The van der Waals surface area contributed by atoms with Gasteiger partial charge in [-0.3, -0.25) is 11.3 Å². The molecule has 1 atom stereocenters. The van der Waals surface area contributed by atoms with Crippen LogP contribution in [0.25, 0.3) is 0 Å². The van der Waals surface area contributed by atoms with E-state index in [9.17, 15) is 0 Å². The van der Waals surface area contributed by atoms with Crippen LogP contribution >= 0.6 is 0 Å². The highest BCUT2D eigenvalue weighted by atomic mass is 15.2. The van der Waals surface area contributed by atoms with Crippen molar-refractivity contribution in [3.8, 4) is 0 Å². The summed E-state index contributed by atoms with van der Waals surface area (Å²) in [7, 11) is 0. The van der Waals surface area contributed by atoms with Crippen molar-refractivity contribution in [1.29, 1.82) is 0 Å². The third kappa shape index (κ3) is 1.84. The van der Waals surface area contributed by atoms with E-state index in [2.05, 4.69) is 44.4 Å². The zero-order valence-corrected chi connectivity index (χ0v) is 7.89. The lowest BCUT2D eigenvalue weighted by Gasteiger charge is -2.13. The Morgan fingerprint density at radius 2 is 2.00 bits per heavy atom. The maximum absolute atomic E-state index is 5.36. The van der Waals surface area contributed by atoms with E-state index in [1.165, 1.54) is 16.7 Å². The molecule has 2 nitrogen and oxygen atoms in total. The Morgan fingerprint density at radius 1 is 1.33 bits per heavy atom. The Hall–Kier alpha value is -0.860. The molecule has 0 aliphatic carbocycles. The number of rotatable bonds is 2. The van der Waals surface area contributed by atoms with E-state index in [1.807, 2.05) is 0 Å². The minimum Gasteiger partial charge on any atom is -0.271 e. The molecule has 0 fully saturated rings. The highest BCUT2D eigenvalue weighted by Gasteiger charge is 2.04. The topological polar surface area (TPSA) is 38.0 Å². The molecule has 0 radical (unpaired) electrons. The molecule has 12 heavy (non-hydrogen) atoms. The second-order valence-corrected chi connectivity index (χ2v) is 3.25. The van der Waals surface area contributed by atoms with Gasteiger partial charge in [-0.25, -0.2) is 0 Å². The highest BCUT2D eigenvalue weighted by molar-refractivity contribution is 5.32. The molecule has 1 aromatic carbocycles. The molecule has 0 bridgehead atoms. The number of hydrogen-bond acceptors (Lipinski definition) is 2. The van der Waals surface area contributed by atoms with Gasteiger partial charge in [0.05, 0.1) is 0 Å². The first-order valence-corrected chi connectivity index (χ1v) is 4.18. The summed E-state index contributed by atoms with van der Waals surface area (Å²) in [5, 5.41) is 0. The molecular weight excluding hydrogens is 148 g/mol. The number of hydrogen-bond donors (Lipinski definition) is 2. The summed E-state index contributed by atoms with van der Waals surface area (Å²) in [6, 6.07) is 6.62. The second-order valence-electron chi connectivity index (χ2n) is 3.25. The van der Waals surface area contributed by atoms with Crippen molar-refractivity contribution >= 4 is 0 Å². The summed E-state index contributed by atoms with van der Waals surface area (Å²) in [5.74, 6) is 5.36. The van der Waals surface area contributed by atoms with E-state index in [0.717, 1.165) is 0 Å². The van der Waals surface area contributed by atoms with Crippen LogP contribution in [0.15, 0.2) is 18.2 Å². The first-order valence-electron chi connectivity index (χ1n) is 4.18. The van der Waals surface area contributed by atoms with Gasteiger partial charge in [0.2, 0.25) is 0 Å². The number of aryl methyl sites for hydroxylation is 2. The molecule has 0 amide bonds. The van der Waals surface area contributed by atoms with Gasteiger partial charge in [0, 0.05) is 6.04 Å². The lowest BCUT2D eigenvalue weighted by atomic mass is 10.0. The van der Waals surface area contributed by atoms with Gasteiger partial charge in [0.15, 0.2) is 0 Å². The van der Waals surface area contributed by atoms with Crippen molar-refractivity contribution in [1.82, 2.24) is 5.43 Å². The average molecular weight is 164 g/mol. The number of nitrogens with one attached hydrogen (secondary N) is 1. The van der Waals surface area contributed by atoms with E-state index in [1.54, 1.807) is 0 Å². The van der Waals surface area contributed by atoms with Crippen LogP contribution in [0.5, 0.6) is 0 Å². The maximum Gasteiger partial charge on any atom is 0.0434 e. The molecule has 1 aromatic rings. The predicted molar refractivity (Wildman–Crippen MR) is 51.7 cm³/mol. The van der Waals surface area contributed by atoms with Crippen LogP contribution in [0, 0.1) is 13.8 Å². The van der Waals surface area contributed by atoms with Crippen LogP contribution in [0.3, 0.4) is 0 Å². The summed E-state index contributed by atoms with van der Waals surface area (Å²) < 4.78 is 0. The molecule has 0 saturated heterocycles. The summed E-state index contributed by atoms with van der Waals surface area (Å²) in [4.78, 5) is 0. The molecule has 1 rings (SSSR count). The van der Waals surface area contributed by atoms with E-state index in [4.69, 9.17) is 5.84 Å². The van der Waals surface area contributed by atoms with Crippen molar-refractivity contribution in [2.24, 2.45) is 5.84 Å². The molecule has 0 aliphatic rings. The van der Waals surface area contributed by atoms with E-state index >= 15 is 0 Å². The van der Waals surface area contributed by atoms with Crippen molar-refractivity contribution in [3.63, 3.8) is 0 Å². The fourth-order valence-corrected chi connectivity index (χ4v) is 1.40. The van der Waals surface area contributed by atoms with Gasteiger partial charge in [-0.15, -0.1) is 0 Å². The lowest BCUT2D eigenvalue weighted by molar-refractivity contribution is 0.599. The number of hydrazine groups is 1. The summed E-state index contributed by atoms with van der Waals surface area (Å²) in [6.45, 7) is 6.26. The minimum atomic E-state index is 0.227. The molecule has 0 saturated carbocycles. The molecule has 0 aromatic heterocycles. The second kappa shape index (κ2) is 3.70. The van der Waals surface area contributed by atoms with E-state index in [-0.39, 0.29) is 6.04 Å². The van der Waals surface area contributed by atoms with Gasteiger partial charge >= 0.3 is 0 Å². The first kappa shape index (κ1) is 9.23. The predicted octanol–water partition coefficient (Wildman–Crippen LogP) is 1.83. The van der Waals surface area contributed by atoms with E-state index in [0.29, 0.717) is 0 Å². The number of nitrogens with two attached hydrogens (primary N) is 1. The van der Waals surface area contributed by atoms with Crippen molar-refractivity contribution in [3.05, 3.63) is 34.9 Å². The zero-order valence-electron chi connectivity index (χ0n) is 7.89. The number of benzene rings is 1. The van der Waals surface area contributed by atoms with Crippen molar-refractivity contribution in [2.75, 3.05) is 0 Å². The monoisotopic (exact) mass is 164 g/mol. The fourth-order valence-electron chi connectivity index (χ4n) is 1.40. The van der Waals surface area contributed by atoms with Crippen LogP contribution < -0.4 is 11.3 Å². The summed E-state index contributed by atoms with van der Waals surface area (Å²) in [6.07, 6.45) is 0. The van der Waals surface area contributed by atoms with E-state index < -0.39 is 0 Å². The molecular formula is C10H16N2. The van der Waals surface area contributed by atoms with Gasteiger partial charge < -0.3 is 0 Å². The highest BCUT2D eigenvalue weighted by Crippen LogP contribution is 2.17. The summed E-state index contributed by atoms with van der Waals surface area (Å²) >= 11 is 0. The Bertz CT molecular complexity index is 269. The van der Waals surface area contributed by atoms with Crippen LogP contribution in [0.2, 0.25) is 0 Å². The molecule has 66 valence electrons. The third-order valence-electron chi connectivity index (χ3n) is 2.14. The molecule has 0 unspecified atom stereocenters.